The van der Waals surface area contributed by atoms with E-state index in [9.17, 15) is 4.79 Å². The van der Waals surface area contributed by atoms with E-state index in [1.807, 2.05) is 31.2 Å². The number of hydrogen-bond donors (Lipinski definition) is 1. The second-order valence-electron chi connectivity index (χ2n) is 10.9. The molecule has 0 bridgehead atoms. The van der Waals surface area contributed by atoms with E-state index in [0.29, 0.717) is 18.3 Å². The molecule has 2 fully saturated rings. The largest absolute Gasteiger partial charge is 0.371 e. The van der Waals surface area contributed by atoms with Crippen molar-refractivity contribution in [2.24, 2.45) is 11.8 Å². The number of rotatable bonds is 7. The number of benzene rings is 2. The summed E-state index contributed by atoms with van der Waals surface area (Å²) in [6.45, 7) is 11.0. The van der Waals surface area contributed by atoms with Crippen molar-refractivity contribution in [1.29, 1.82) is 0 Å². The summed E-state index contributed by atoms with van der Waals surface area (Å²) < 4.78 is 5.52. The number of carbonyl (C=O) groups excluding carboxylic acids is 1. The molecule has 0 saturated carbocycles. The summed E-state index contributed by atoms with van der Waals surface area (Å²) in [5.41, 5.74) is 4.56. The van der Waals surface area contributed by atoms with Gasteiger partial charge in [0.1, 0.15) is 0 Å². The molecule has 0 spiro atoms. The molecule has 3 aromatic rings. The smallest absolute Gasteiger partial charge is 0.241 e. The molecular weight excluding hydrogens is 462 g/mol. The predicted octanol–water partition coefficient (Wildman–Crippen LogP) is 5.37. The van der Waals surface area contributed by atoms with Gasteiger partial charge >= 0.3 is 0 Å². The monoisotopic (exact) mass is 501 g/mol. The fourth-order valence-electron chi connectivity index (χ4n) is 5.61. The van der Waals surface area contributed by atoms with Gasteiger partial charge < -0.3 is 14.7 Å². The van der Waals surface area contributed by atoms with E-state index in [4.69, 9.17) is 4.52 Å². The first-order valence-corrected chi connectivity index (χ1v) is 13.7. The minimum absolute atomic E-state index is 0.00174. The van der Waals surface area contributed by atoms with Crippen LogP contribution < -0.4 is 10.2 Å². The summed E-state index contributed by atoms with van der Waals surface area (Å²) in [5, 5.41) is 7.42. The van der Waals surface area contributed by atoms with Crippen LogP contribution in [0.5, 0.6) is 0 Å². The summed E-state index contributed by atoms with van der Waals surface area (Å²) in [6.07, 6.45) is 4.26. The molecule has 7 heteroatoms. The zero-order valence-electron chi connectivity index (χ0n) is 22.3. The first-order chi connectivity index (χ1) is 18.0. The van der Waals surface area contributed by atoms with Crippen LogP contribution in [-0.4, -0.2) is 47.1 Å². The highest BCUT2D eigenvalue weighted by atomic mass is 16.5. The molecule has 1 N–H and O–H groups in total. The quantitative estimate of drug-likeness (QED) is 0.469. The lowest BCUT2D eigenvalue weighted by molar-refractivity contribution is -0.127. The lowest BCUT2D eigenvalue weighted by atomic mass is 9.95. The fourth-order valence-corrected chi connectivity index (χ4v) is 5.61. The highest BCUT2D eigenvalue weighted by Crippen LogP contribution is 2.26. The Balaban J connectivity index is 1.09. The van der Waals surface area contributed by atoms with Crippen molar-refractivity contribution < 1.29 is 9.32 Å². The first kappa shape index (κ1) is 25.5. The number of hydrogen-bond acceptors (Lipinski definition) is 6. The number of aromatic nitrogens is 2. The van der Waals surface area contributed by atoms with Crippen molar-refractivity contribution in [3.05, 3.63) is 65.5 Å². The molecule has 2 aliphatic heterocycles. The molecule has 2 aliphatic rings. The molecule has 3 heterocycles. The summed E-state index contributed by atoms with van der Waals surface area (Å²) in [6, 6.07) is 16.8. The minimum Gasteiger partial charge on any atom is -0.371 e. The van der Waals surface area contributed by atoms with Crippen molar-refractivity contribution in [2.45, 2.75) is 59.0 Å². The maximum Gasteiger partial charge on any atom is 0.241 e. The summed E-state index contributed by atoms with van der Waals surface area (Å²) >= 11 is 0. The van der Waals surface area contributed by atoms with Crippen molar-refractivity contribution in [2.75, 3.05) is 31.1 Å². The Bertz CT molecular complexity index is 1180. The number of anilines is 1. The standard InChI is InChI=1S/C30H39N5O2/c1-21-7-6-16-35(19-21)26-12-10-24(11-13-26)23(3)31-30(36)25-14-17-34(18-15-25)20-28-32-29(33-37-28)27-9-5-4-8-22(27)2/h4-5,8-13,21,23,25H,6-7,14-20H2,1-3H3,(H,31,36). The molecule has 0 aliphatic carbocycles. The van der Waals surface area contributed by atoms with Gasteiger partial charge in [0.25, 0.3) is 0 Å². The Morgan fingerprint density at radius 3 is 2.57 bits per heavy atom. The third-order valence-electron chi connectivity index (χ3n) is 7.95. The van der Waals surface area contributed by atoms with Crippen molar-refractivity contribution in [3.8, 4) is 11.4 Å². The highest BCUT2D eigenvalue weighted by Gasteiger charge is 2.27. The molecule has 2 saturated heterocycles. The zero-order chi connectivity index (χ0) is 25.8. The van der Waals surface area contributed by atoms with Crippen LogP contribution in [-0.2, 0) is 11.3 Å². The van der Waals surface area contributed by atoms with Crippen LogP contribution in [0.2, 0.25) is 0 Å². The number of amides is 1. The molecular formula is C30H39N5O2. The van der Waals surface area contributed by atoms with Gasteiger partial charge in [-0.3, -0.25) is 9.69 Å². The van der Waals surface area contributed by atoms with Crippen molar-refractivity contribution in [1.82, 2.24) is 20.4 Å². The van der Waals surface area contributed by atoms with E-state index >= 15 is 0 Å². The molecule has 196 valence electrons. The maximum absolute atomic E-state index is 13.0. The number of carbonyl (C=O) groups is 1. The van der Waals surface area contributed by atoms with Gasteiger partial charge in [0, 0.05) is 30.3 Å². The van der Waals surface area contributed by atoms with Gasteiger partial charge in [-0.15, -0.1) is 0 Å². The lowest BCUT2D eigenvalue weighted by Gasteiger charge is -2.33. The molecule has 2 unspecified atom stereocenters. The van der Waals surface area contributed by atoms with Crippen LogP contribution in [0.4, 0.5) is 5.69 Å². The number of nitrogens with one attached hydrogen (secondary N) is 1. The molecule has 2 aromatic carbocycles. The van der Waals surface area contributed by atoms with Gasteiger partial charge in [0.05, 0.1) is 12.6 Å². The van der Waals surface area contributed by atoms with Crippen LogP contribution >= 0.6 is 0 Å². The van der Waals surface area contributed by atoms with Crippen LogP contribution in [0.15, 0.2) is 53.1 Å². The highest BCUT2D eigenvalue weighted by molar-refractivity contribution is 5.79. The number of aryl methyl sites for hydroxylation is 1. The molecule has 7 nitrogen and oxygen atoms in total. The number of likely N-dealkylation sites (tertiary alicyclic amines) is 1. The number of nitrogens with zero attached hydrogens (tertiary/aromatic N) is 4. The lowest BCUT2D eigenvalue weighted by Crippen LogP contribution is -2.41. The Morgan fingerprint density at radius 2 is 1.84 bits per heavy atom. The summed E-state index contributed by atoms with van der Waals surface area (Å²) in [5.74, 6) is 2.20. The van der Waals surface area contributed by atoms with E-state index < -0.39 is 0 Å². The van der Waals surface area contributed by atoms with Crippen LogP contribution in [0.1, 0.15) is 62.6 Å². The predicted molar refractivity (Wildman–Crippen MR) is 146 cm³/mol. The third kappa shape index (κ3) is 6.21. The van der Waals surface area contributed by atoms with Gasteiger partial charge in [-0.1, -0.05) is 48.5 Å². The second kappa shape index (κ2) is 11.5. The average molecular weight is 502 g/mol. The Kier molecular flexibility index (Phi) is 7.89. The van der Waals surface area contributed by atoms with Crippen LogP contribution in [0.3, 0.4) is 0 Å². The minimum atomic E-state index is -0.00174. The maximum atomic E-state index is 13.0. The van der Waals surface area contributed by atoms with E-state index in [1.165, 1.54) is 18.5 Å². The molecule has 5 rings (SSSR count). The second-order valence-corrected chi connectivity index (χ2v) is 10.9. The number of piperidine rings is 2. The molecule has 37 heavy (non-hydrogen) atoms. The Labute approximate surface area is 220 Å². The van der Waals surface area contributed by atoms with Gasteiger partial charge in [-0.05, 0) is 81.8 Å². The van der Waals surface area contributed by atoms with Gasteiger partial charge in [0.2, 0.25) is 17.6 Å². The first-order valence-electron chi connectivity index (χ1n) is 13.7. The van der Waals surface area contributed by atoms with Crippen LogP contribution in [0.25, 0.3) is 11.4 Å². The Hall–Kier alpha value is -3.19. The van der Waals surface area contributed by atoms with Gasteiger partial charge in [-0.2, -0.15) is 4.98 Å². The van der Waals surface area contributed by atoms with Gasteiger partial charge in [-0.25, -0.2) is 0 Å². The molecule has 0 radical (unpaired) electrons. The van der Waals surface area contributed by atoms with E-state index in [0.717, 1.165) is 61.6 Å². The van der Waals surface area contributed by atoms with Gasteiger partial charge in [0.15, 0.2) is 0 Å². The normalized spacial score (nSPS) is 20.1. The summed E-state index contributed by atoms with van der Waals surface area (Å²) in [4.78, 5) is 22.4. The van der Waals surface area contributed by atoms with Crippen molar-refractivity contribution in [3.63, 3.8) is 0 Å². The molecule has 1 aromatic heterocycles. The Morgan fingerprint density at radius 1 is 1.08 bits per heavy atom. The molecule has 1 amide bonds. The van der Waals surface area contributed by atoms with E-state index in [-0.39, 0.29) is 17.9 Å². The van der Waals surface area contributed by atoms with E-state index in [2.05, 4.69) is 63.4 Å². The molecule has 2 atom stereocenters. The van der Waals surface area contributed by atoms with Crippen molar-refractivity contribution >= 4 is 11.6 Å². The SMILES string of the molecule is Cc1ccccc1-c1noc(CN2CCC(C(=O)NC(C)c3ccc(N4CCCC(C)C4)cc3)CC2)n1. The zero-order valence-corrected chi connectivity index (χ0v) is 22.3. The fraction of sp³-hybridized carbons (Fsp3) is 0.500. The summed E-state index contributed by atoms with van der Waals surface area (Å²) in [7, 11) is 0. The van der Waals surface area contributed by atoms with E-state index in [1.54, 1.807) is 0 Å². The van der Waals surface area contributed by atoms with Crippen LogP contribution in [0, 0.1) is 18.8 Å². The third-order valence-corrected chi connectivity index (χ3v) is 7.95. The average Bonchev–Trinajstić information content (AvgIpc) is 3.37. The topological polar surface area (TPSA) is 74.5 Å².